The Morgan fingerprint density at radius 3 is 3.11 bits per heavy atom. The van der Waals surface area contributed by atoms with Crippen molar-refractivity contribution in [2.24, 2.45) is 16.8 Å². The number of H-pyrrole nitrogens is 1. The number of hydrogen-bond donors (Lipinski definition) is 1. The van der Waals surface area contributed by atoms with Gasteiger partial charge < -0.3 is 4.98 Å². The quantitative estimate of drug-likeness (QED) is 0.884. The highest BCUT2D eigenvalue weighted by atomic mass is 15.1. The van der Waals surface area contributed by atoms with Crippen LogP contribution in [0.2, 0.25) is 0 Å². The van der Waals surface area contributed by atoms with Gasteiger partial charge in [0.2, 0.25) is 0 Å². The van der Waals surface area contributed by atoms with Gasteiger partial charge in [0.1, 0.15) is 0 Å². The van der Waals surface area contributed by atoms with E-state index in [9.17, 15) is 0 Å². The van der Waals surface area contributed by atoms with Gasteiger partial charge in [0.05, 0.1) is 11.7 Å². The molecule has 2 atom stereocenters. The molecule has 2 aromatic rings. The van der Waals surface area contributed by atoms with Gasteiger partial charge in [0.15, 0.2) is 11.1 Å². The predicted molar refractivity (Wildman–Crippen MR) is 79.5 cm³/mol. The Labute approximate surface area is 114 Å². The molecule has 0 spiro atoms. The third-order valence-corrected chi connectivity index (χ3v) is 4.17. The van der Waals surface area contributed by atoms with Crippen molar-refractivity contribution in [2.75, 3.05) is 7.05 Å². The van der Waals surface area contributed by atoms with Gasteiger partial charge in [-0.2, -0.15) is 0 Å². The van der Waals surface area contributed by atoms with Crippen molar-refractivity contribution in [3.05, 3.63) is 30.5 Å². The van der Waals surface area contributed by atoms with E-state index >= 15 is 0 Å². The molecule has 0 aliphatic heterocycles. The van der Waals surface area contributed by atoms with E-state index in [0.717, 1.165) is 28.3 Å². The fourth-order valence-electron chi connectivity index (χ4n) is 3.09. The molecule has 0 saturated heterocycles. The Balaban J connectivity index is 0.00000147. The molecule has 1 aliphatic rings. The molecule has 1 N–H and O–H groups in total. The van der Waals surface area contributed by atoms with Crippen molar-refractivity contribution in [1.29, 1.82) is 0 Å². The molecule has 0 bridgehead atoms. The van der Waals surface area contributed by atoms with E-state index in [1.807, 2.05) is 18.5 Å². The Bertz CT molecular complexity index is 682. The molecule has 2 aromatic heterocycles. The first-order chi connectivity index (χ1) is 9.20. The van der Waals surface area contributed by atoms with Crippen molar-refractivity contribution in [2.45, 2.75) is 26.2 Å². The monoisotopic (exact) mass is 258 g/mol. The second-order valence-electron chi connectivity index (χ2n) is 5.49. The Morgan fingerprint density at radius 1 is 1.58 bits per heavy atom. The maximum absolute atomic E-state index is 4.39. The van der Waals surface area contributed by atoms with Crippen LogP contribution >= 0.6 is 0 Å². The summed E-state index contributed by atoms with van der Waals surface area (Å²) in [5.74, 6) is 1.36. The second-order valence-corrected chi connectivity index (χ2v) is 5.49. The average molecular weight is 258 g/mol. The van der Waals surface area contributed by atoms with E-state index in [4.69, 9.17) is 0 Å². The number of allylic oxidation sites excluding steroid dienone is 1. The lowest BCUT2D eigenvalue weighted by Gasteiger charge is -2.18. The summed E-state index contributed by atoms with van der Waals surface area (Å²) in [6.45, 7) is 6.66. The number of nitrogens with zero attached hydrogens (tertiary/aromatic N) is 3. The number of fused-ring (bicyclic) bond motifs is 1. The first-order valence-electron chi connectivity index (χ1n) is 6.88. The van der Waals surface area contributed by atoms with Crippen LogP contribution < -0.4 is 5.49 Å². The molecule has 1 unspecified atom stereocenters. The fraction of sp³-hybridized carbons (Fsp3) is 0.467. The lowest BCUT2D eigenvalue weighted by Crippen LogP contribution is -2.23. The summed E-state index contributed by atoms with van der Waals surface area (Å²) in [4.78, 5) is 11.9. The number of aromatic amines is 1. The smallest absolute Gasteiger partial charge is 0.154 e. The molecule has 1 fully saturated rings. The van der Waals surface area contributed by atoms with E-state index in [1.54, 1.807) is 7.05 Å². The normalized spacial score (nSPS) is 24.2. The minimum Gasteiger partial charge on any atom is -0.345 e. The summed E-state index contributed by atoms with van der Waals surface area (Å²) in [5, 5.41) is 0. The van der Waals surface area contributed by atoms with Crippen molar-refractivity contribution in [1.82, 2.24) is 14.5 Å². The molecular weight excluding hydrogens is 236 g/mol. The van der Waals surface area contributed by atoms with Gasteiger partial charge in [0.25, 0.3) is 0 Å². The molecule has 0 aromatic carbocycles. The Kier molecular flexibility index (Phi) is 3.01. The SMILES string of the molecule is C=C([C@@H]1CCC(C)C1)n1c(=NC)cnc2[nH]ccc21.[HH]. The summed E-state index contributed by atoms with van der Waals surface area (Å²) >= 11 is 0. The van der Waals surface area contributed by atoms with E-state index in [2.05, 4.69) is 33.0 Å². The molecule has 1 saturated carbocycles. The zero-order valence-electron chi connectivity index (χ0n) is 11.6. The summed E-state index contributed by atoms with van der Waals surface area (Å²) in [7, 11) is 1.80. The van der Waals surface area contributed by atoms with Crippen LogP contribution in [0.4, 0.5) is 0 Å². The first kappa shape index (κ1) is 12.2. The molecule has 1 aliphatic carbocycles. The topological polar surface area (TPSA) is 46.0 Å². The lowest BCUT2D eigenvalue weighted by molar-refractivity contribution is 0.583. The molecule has 19 heavy (non-hydrogen) atoms. The van der Waals surface area contributed by atoms with Crippen LogP contribution in [0.5, 0.6) is 0 Å². The lowest BCUT2D eigenvalue weighted by atomic mass is 10.0. The third-order valence-electron chi connectivity index (χ3n) is 4.17. The van der Waals surface area contributed by atoms with Gasteiger partial charge in [-0.05, 0) is 30.7 Å². The van der Waals surface area contributed by atoms with Crippen LogP contribution in [0.1, 0.15) is 27.6 Å². The summed E-state index contributed by atoms with van der Waals surface area (Å²) in [6, 6.07) is 2.04. The van der Waals surface area contributed by atoms with Gasteiger partial charge in [-0.15, -0.1) is 0 Å². The van der Waals surface area contributed by atoms with Crippen LogP contribution in [-0.2, 0) is 0 Å². The molecule has 3 rings (SSSR count). The standard InChI is InChI=1S/C15H20N4.H2/c1-10-4-5-12(8-10)11(2)19-13-6-7-17-15(13)18-9-14(19)16-3;/h6-7,9-10,12,17H,2,4-5,8H2,1,3H3;1H/t10?,12-;/m1./s1. The van der Waals surface area contributed by atoms with Gasteiger partial charge in [-0.3, -0.25) is 9.56 Å². The minimum atomic E-state index is 0. The average Bonchev–Trinajstić information content (AvgIpc) is 3.04. The highest BCUT2D eigenvalue weighted by Crippen LogP contribution is 2.36. The third kappa shape index (κ3) is 2.01. The molecule has 102 valence electrons. The van der Waals surface area contributed by atoms with Gasteiger partial charge >= 0.3 is 0 Å². The number of rotatable bonds is 2. The summed E-state index contributed by atoms with van der Waals surface area (Å²) < 4.78 is 2.15. The Hall–Kier alpha value is -1.84. The maximum atomic E-state index is 4.39. The van der Waals surface area contributed by atoms with E-state index < -0.39 is 0 Å². The van der Waals surface area contributed by atoms with E-state index in [1.165, 1.54) is 19.3 Å². The fourth-order valence-corrected chi connectivity index (χ4v) is 3.09. The largest absolute Gasteiger partial charge is 0.345 e. The molecule has 0 radical (unpaired) electrons. The number of hydrogen-bond acceptors (Lipinski definition) is 2. The summed E-state index contributed by atoms with van der Waals surface area (Å²) in [5.41, 5.74) is 3.97. The summed E-state index contributed by atoms with van der Waals surface area (Å²) in [6.07, 6.45) is 7.47. The zero-order chi connectivity index (χ0) is 13.4. The van der Waals surface area contributed by atoms with Crippen molar-refractivity contribution >= 4 is 16.9 Å². The van der Waals surface area contributed by atoms with Gasteiger partial charge in [-0.1, -0.05) is 19.9 Å². The molecular formula is C15H22N4. The predicted octanol–water partition coefficient (Wildman–Crippen LogP) is 3.05. The minimum absolute atomic E-state index is 0. The molecule has 0 amide bonds. The van der Waals surface area contributed by atoms with Gasteiger partial charge in [0, 0.05) is 20.4 Å². The van der Waals surface area contributed by atoms with E-state index in [-0.39, 0.29) is 1.43 Å². The molecule has 4 nitrogen and oxygen atoms in total. The maximum Gasteiger partial charge on any atom is 0.154 e. The van der Waals surface area contributed by atoms with Crippen molar-refractivity contribution in [3.8, 4) is 0 Å². The van der Waals surface area contributed by atoms with Crippen molar-refractivity contribution < 1.29 is 1.43 Å². The number of nitrogens with one attached hydrogen (secondary N) is 1. The number of aromatic nitrogens is 3. The zero-order valence-corrected chi connectivity index (χ0v) is 11.6. The van der Waals surface area contributed by atoms with Crippen LogP contribution in [0, 0.1) is 11.8 Å². The Morgan fingerprint density at radius 2 is 2.42 bits per heavy atom. The highest BCUT2D eigenvalue weighted by molar-refractivity contribution is 5.75. The molecule has 2 heterocycles. The molecule has 4 heteroatoms. The van der Waals surface area contributed by atoms with Crippen LogP contribution in [0.3, 0.4) is 0 Å². The van der Waals surface area contributed by atoms with E-state index in [0.29, 0.717) is 5.92 Å². The van der Waals surface area contributed by atoms with Crippen LogP contribution in [-0.4, -0.2) is 21.6 Å². The van der Waals surface area contributed by atoms with Crippen LogP contribution in [0.25, 0.3) is 16.9 Å². The first-order valence-corrected chi connectivity index (χ1v) is 6.88. The van der Waals surface area contributed by atoms with Crippen LogP contribution in [0.15, 0.2) is 30.0 Å². The van der Waals surface area contributed by atoms with Gasteiger partial charge in [-0.25, -0.2) is 4.98 Å². The van der Waals surface area contributed by atoms with Crippen molar-refractivity contribution in [3.63, 3.8) is 0 Å². The highest BCUT2D eigenvalue weighted by Gasteiger charge is 2.25. The second kappa shape index (κ2) is 4.68.